The Morgan fingerprint density at radius 3 is 1.02 bits per heavy atom. The van der Waals surface area contributed by atoms with Crippen LogP contribution in [0.1, 0.15) is 0 Å². The molecule has 8 heteroatoms. The van der Waals surface area contributed by atoms with Gasteiger partial charge in [0.25, 0.3) is 0 Å². The maximum Gasteiger partial charge on any atom is 0.237 e. The minimum atomic E-state index is 0.564. The first-order valence-electron chi connectivity index (χ1n) is 29.8. The van der Waals surface area contributed by atoms with Crippen LogP contribution in [0.25, 0.3) is 93.8 Å². The molecule has 4 aromatic heterocycles. The van der Waals surface area contributed by atoms with Crippen molar-refractivity contribution in [1.29, 1.82) is 0 Å². The molecule has 0 fully saturated rings. The van der Waals surface area contributed by atoms with Gasteiger partial charge >= 0.3 is 0 Å². The Balaban J connectivity index is 0.927. The summed E-state index contributed by atoms with van der Waals surface area (Å²) in [6.07, 6.45) is 0. The van der Waals surface area contributed by atoms with E-state index in [9.17, 15) is 0 Å². The van der Waals surface area contributed by atoms with Crippen molar-refractivity contribution in [3.63, 3.8) is 0 Å². The zero-order valence-corrected chi connectivity index (χ0v) is 47.8. The fourth-order valence-electron chi connectivity index (χ4n) is 13.3. The van der Waals surface area contributed by atoms with Crippen molar-refractivity contribution in [2.45, 2.75) is 0 Å². The van der Waals surface area contributed by atoms with E-state index >= 15 is 0 Å². The Labute approximate surface area is 508 Å². The molecule has 13 aromatic carbocycles. The number of benzene rings is 13. The summed E-state index contributed by atoms with van der Waals surface area (Å²) in [6, 6.07) is 117. The van der Waals surface area contributed by atoms with Gasteiger partial charge < -0.3 is 19.3 Å². The molecule has 88 heavy (non-hydrogen) atoms. The van der Waals surface area contributed by atoms with Gasteiger partial charge in [-0.15, -0.1) is 0 Å². The van der Waals surface area contributed by atoms with Gasteiger partial charge in [0.15, 0.2) is 5.82 Å². The lowest BCUT2D eigenvalue weighted by Crippen LogP contribution is -2.12. The molecule has 0 radical (unpaired) electrons. The van der Waals surface area contributed by atoms with Crippen molar-refractivity contribution >= 4 is 128 Å². The third kappa shape index (κ3) is 8.37. The molecule has 0 saturated carbocycles. The molecule has 414 valence electrons. The topological polar surface area (TPSA) is 50.3 Å². The van der Waals surface area contributed by atoms with Gasteiger partial charge in [0, 0.05) is 94.6 Å². The van der Waals surface area contributed by atoms with Crippen LogP contribution in [0, 0.1) is 0 Å². The van der Waals surface area contributed by atoms with Gasteiger partial charge in [0.1, 0.15) is 0 Å². The molecule has 17 rings (SSSR count). The minimum absolute atomic E-state index is 0.564. The maximum atomic E-state index is 5.95. The van der Waals surface area contributed by atoms with Crippen LogP contribution >= 0.6 is 0 Å². The van der Waals surface area contributed by atoms with Crippen LogP contribution in [0.2, 0.25) is 0 Å². The molecule has 0 spiro atoms. The Hall–Kier alpha value is -12.0. The van der Waals surface area contributed by atoms with Gasteiger partial charge in [-0.25, -0.2) is 4.98 Å². The quantitative estimate of drug-likeness (QED) is 0.122. The summed E-state index contributed by atoms with van der Waals surface area (Å²) in [6.45, 7) is 0. The standard InChI is InChI=1S/C80H54N8/c1-7-25-55(26-8-1)83(56-27-9-2-10-28-56)62-46-50-77-70(51-62)67-39-21-24-42-75(67)88(77)80-81-72-48-44-61(85(59-33-15-5-16-34-59)63-45-49-76-69(52-63)66-38-20-22-40-73(66)86(76)60-35-17-6-18-36-60)53-71(72)79(82-80)87-74-41-23-19-37-65(74)68-47-43-64(54-78(68)87)84(57-29-11-3-12-30-57)58-31-13-4-14-32-58/h1-54H. The highest BCUT2D eigenvalue weighted by molar-refractivity contribution is 6.14. The monoisotopic (exact) mass is 1130 g/mol. The molecule has 4 heterocycles. The first kappa shape index (κ1) is 50.5. The lowest BCUT2D eigenvalue weighted by molar-refractivity contribution is 0.972. The molecule has 0 saturated heterocycles. The fourth-order valence-corrected chi connectivity index (χ4v) is 13.3. The molecule has 0 aliphatic carbocycles. The van der Waals surface area contributed by atoms with Gasteiger partial charge in [-0.3, -0.25) is 9.13 Å². The van der Waals surface area contributed by atoms with E-state index in [1.807, 2.05) is 0 Å². The number of anilines is 9. The zero-order valence-electron chi connectivity index (χ0n) is 47.8. The van der Waals surface area contributed by atoms with Crippen LogP contribution in [0.5, 0.6) is 0 Å². The first-order valence-corrected chi connectivity index (χ1v) is 29.8. The summed E-state index contributed by atoms with van der Waals surface area (Å²) in [5, 5.41) is 7.68. The normalized spacial score (nSPS) is 11.6. The highest BCUT2D eigenvalue weighted by atomic mass is 15.2. The molecule has 0 bridgehead atoms. The van der Waals surface area contributed by atoms with Crippen molar-refractivity contribution in [1.82, 2.24) is 23.7 Å². The molecule has 0 aliphatic rings. The average Bonchev–Trinajstić information content (AvgIpc) is 1.68. The second-order valence-electron chi connectivity index (χ2n) is 22.2. The third-order valence-electron chi connectivity index (χ3n) is 17.1. The van der Waals surface area contributed by atoms with Crippen LogP contribution in [-0.4, -0.2) is 23.7 Å². The van der Waals surface area contributed by atoms with Gasteiger partial charge in [0.2, 0.25) is 5.95 Å². The van der Waals surface area contributed by atoms with Crippen LogP contribution in [0.4, 0.5) is 51.2 Å². The van der Waals surface area contributed by atoms with E-state index < -0.39 is 0 Å². The van der Waals surface area contributed by atoms with E-state index in [1.165, 1.54) is 10.8 Å². The lowest BCUT2D eigenvalue weighted by Gasteiger charge is -2.26. The Bertz CT molecular complexity index is 5370. The van der Waals surface area contributed by atoms with E-state index in [-0.39, 0.29) is 0 Å². The lowest BCUT2D eigenvalue weighted by atomic mass is 10.1. The van der Waals surface area contributed by atoms with E-state index in [2.05, 4.69) is 356 Å². The second-order valence-corrected chi connectivity index (χ2v) is 22.2. The number of hydrogen-bond donors (Lipinski definition) is 0. The fraction of sp³-hybridized carbons (Fsp3) is 0. The predicted octanol–water partition coefficient (Wildman–Crippen LogP) is 21.3. The van der Waals surface area contributed by atoms with Crippen molar-refractivity contribution in [3.8, 4) is 17.5 Å². The highest BCUT2D eigenvalue weighted by Gasteiger charge is 2.25. The maximum absolute atomic E-state index is 5.95. The van der Waals surface area contributed by atoms with Gasteiger partial charge in [-0.1, -0.05) is 170 Å². The molecule has 0 aliphatic heterocycles. The van der Waals surface area contributed by atoms with E-state index in [4.69, 9.17) is 9.97 Å². The molecule has 8 nitrogen and oxygen atoms in total. The first-order chi connectivity index (χ1) is 43.7. The van der Waals surface area contributed by atoms with Crippen LogP contribution in [0.15, 0.2) is 328 Å². The van der Waals surface area contributed by atoms with E-state index in [1.54, 1.807) is 0 Å². The SMILES string of the molecule is c1ccc(N(c2ccc3nc(-n4c5ccccc5c5cc(N(c6ccccc6)c6ccccc6)ccc54)nc(-n4c5ccccc5c5ccc(N(c6ccccc6)c6ccccc6)cc54)c3c2)c2ccc3c(c2)c2ccccc2n3-c2ccccc2)cc1. The van der Waals surface area contributed by atoms with Gasteiger partial charge in [-0.2, -0.15) is 4.98 Å². The summed E-state index contributed by atoms with van der Waals surface area (Å²) in [5.41, 5.74) is 17.6. The van der Waals surface area contributed by atoms with Crippen molar-refractivity contribution in [3.05, 3.63) is 328 Å². The number of fused-ring (bicyclic) bond motifs is 10. The van der Waals surface area contributed by atoms with E-state index in [0.717, 1.165) is 128 Å². The molecule has 0 unspecified atom stereocenters. The number of hydrogen-bond acceptors (Lipinski definition) is 5. The summed E-state index contributed by atoms with van der Waals surface area (Å²) in [4.78, 5) is 18.6. The number of aromatic nitrogens is 5. The molecular formula is C80H54N8. The number of rotatable bonds is 12. The zero-order chi connectivity index (χ0) is 58.1. The molecular weight excluding hydrogens is 1070 g/mol. The summed E-state index contributed by atoms with van der Waals surface area (Å²) in [7, 11) is 0. The molecule has 0 amide bonds. The average molecular weight is 1130 g/mol. The van der Waals surface area contributed by atoms with Crippen molar-refractivity contribution in [2.75, 3.05) is 14.7 Å². The smallest absolute Gasteiger partial charge is 0.237 e. The third-order valence-corrected chi connectivity index (χ3v) is 17.1. The predicted molar refractivity (Wildman–Crippen MR) is 367 cm³/mol. The summed E-state index contributed by atoms with van der Waals surface area (Å²) >= 11 is 0. The largest absolute Gasteiger partial charge is 0.310 e. The Morgan fingerprint density at radius 2 is 0.534 bits per heavy atom. The van der Waals surface area contributed by atoms with Gasteiger partial charge in [-0.05, 0) is 158 Å². The Morgan fingerprint density at radius 1 is 0.205 bits per heavy atom. The number of nitrogens with zero attached hydrogens (tertiary/aromatic N) is 8. The Kier molecular flexibility index (Phi) is 12.0. The minimum Gasteiger partial charge on any atom is -0.310 e. The van der Waals surface area contributed by atoms with Crippen molar-refractivity contribution in [2.24, 2.45) is 0 Å². The van der Waals surface area contributed by atoms with Crippen LogP contribution in [-0.2, 0) is 0 Å². The van der Waals surface area contributed by atoms with Crippen molar-refractivity contribution < 1.29 is 0 Å². The number of para-hydroxylation sites is 9. The van der Waals surface area contributed by atoms with Crippen LogP contribution < -0.4 is 14.7 Å². The van der Waals surface area contributed by atoms with Crippen LogP contribution in [0.3, 0.4) is 0 Å². The highest BCUT2D eigenvalue weighted by Crippen LogP contribution is 2.45. The van der Waals surface area contributed by atoms with E-state index in [0.29, 0.717) is 5.95 Å². The molecule has 0 atom stereocenters. The second kappa shape index (κ2) is 21.0. The molecule has 17 aromatic rings. The molecule has 0 N–H and O–H groups in total. The summed E-state index contributed by atoms with van der Waals surface area (Å²) in [5.74, 6) is 1.32. The summed E-state index contributed by atoms with van der Waals surface area (Å²) < 4.78 is 7.00. The van der Waals surface area contributed by atoms with Gasteiger partial charge in [0.05, 0.1) is 38.6 Å².